The molecule has 0 saturated heterocycles. The molecule has 0 radical (unpaired) electrons. The van der Waals surface area contributed by atoms with Gasteiger partial charge in [-0.25, -0.2) is 13.9 Å². The zero-order valence-electron chi connectivity index (χ0n) is 12.4. The van der Waals surface area contributed by atoms with Gasteiger partial charge in [0.05, 0.1) is 7.05 Å². The van der Waals surface area contributed by atoms with Crippen LogP contribution in [-0.2, 0) is 13.6 Å². The van der Waals surface area contributed by atoms with Gasteiger partial charge in [-0.15, -0.1) is 0 Å². The molecule has 0 bridgehead atoms. The van der Waals surface area contributed by atoms with Crippen LogP contribution in [0.1, 0.15) is 10.4 Å². The average molecular weight is 394 g/mol. The van der Waals surface area contributed by atoms with E-state index >= 15 is 0 Å². The van der Waals surface area contributed by atoms with Crippen LogP contribution in [0.25, 0.3) is 10.9 Å². The predicted octanol–water partition coefficient (Wildman–Crippen LogP) is -0.634. The molecule has 4 nitrogen and oxygen atoms in total. The van der Waals surface area contributed by atoms with Gasteiger partial charge >= 0.3 is 5.56 Å². The first kappa shape index (κ1) is 17.4. The second kappa shape index (κ2) is 7.06. The number of Topliss-reactive ketones (excluding diaryl/α,β-unsaturated/α-hetero) is 1. The van der Waals surface area contributed by atoms with Crippen molar-refractivity contribution in [3.05, 3.63) is 75.8 Å². The van der Waals surface area contributed by atoms with Crippen molar-refractivity contribution in [2.75, 3.05) is 0 Å². The average Bonchev–Trinajstić information content (AvgIpc) is 2.53. The van der Waals surface area contributed by atoms with Gasteiger partial charge in [0, 0.05) is 10.6 Å². The number of fused-ring (bicyclic) bond motifs is 1. The van der Waals surface area contributed by atoms with Gasteiger partial charge in [-0.1, -0.05) is 23.7 Å². The summed E-state index contributed by atoms with van der Waals surface area (Å²) in [6.07, 6.45) is 1.65. The topological polar surface area (TPSA) is 43.0 Å². The maximum Gasteiger partial charge on any atom is 0.344 e. The molecule has 0 spiro atoms. The highest BCUT2D eigenvalue weighted by atomic mass is 79.9. The third-order valence-electron chi connectivity index (χ3n) is 3.56. The maximum absolute atomic E-state index is 12.4. The van der Waals surface area contributed by atoms with Crippen LogP contribution in [0.4, 0.5) is 0 Å². The Hall–Kier alpha value is -1.98. The molecule has 1 heterocycles. The molecule has 6 heteroatoms. The highest BCUT2D eigenvalue weighted by Crippen LogP contribution is 2.10. The van der Waals surface area contributed by atoms with E-state index in [9.17, 15) is 9.59 Å². The van der Waals surface area contributed by atoms with Crippen molar-refractivity contribution in [3.8, 4) is 0 Å². The monoisotopic (exact) mass is 392 g/mol. The number of carbonyl (C=O) groups is 1. The van der Waals surface area contributed by atoms with Crippen LogP contribution in [0.2, 0.25) is 5.02 Å². The van der Waals surface area contributed by atoms with Crippen LogP contribution >= 0.6 is 11.6 Å². The fraction of sp³-hybridized carbons (Fsp3) is 0.118. The minimum atomic E-state index is -0.0780. The third-order valence-corrected chi connectivity index (χ3v) is 3.81. The van der Waals surface area contributed by atoms with Gasteiger partial charge < -0.3 is 17.0 Å². The summed E-state index contributed by atoms with van der Waals surface area (Å²) in [6, 6.07) is 14.1. The molecule has 0 saturated carbocycles. The van der Waals surface area contributed by atoms with Gasteiger partial charge in [-0.3, -0.25) is 4.79 Å². The number of aromatic nitrogens is 2. The fourth-order valence-electron chi connectivity index (χ4n) is 2.43. The summed E-state index contributed by atoms with van der Waals surface area (Å²) >= 11 is 5.84. The van der Waals surface area contributed by atoms with Crippen molar-refractivity contribution < 1.29 is 26.3 Å². The molecule has 118 valence electrons. The van der Waals surface area contributed by atoms with E-state index in [0.717, 1.165) is 5.52 Å². The summed E-state index contributed by atoms with van der Waals surface area (Å²) in [5.74, 6) is -0.0366. The quantitative estimate of drug-likeness (QED) is 0.439. The summed E-state index contributed by atoms with van der Waals surface area (Å²) in [4.78, 5) is 24.5. The van der Waals surface area contributed by atoms with Crippen LogP contribution < -0.4 is 27.1 Å². The van der Waals surface area contributed by atoms with Gasteiger partial charge in [-0.05, 0) is 36.4 Å². The Morgan fingerprint density at radius 1 is 1.13 bits per heavy atom. The lowest BCUT2D eigenvalue weighted by molar-refractivity contribution is -0.661. The van der Waals surface area contributed by atoms with Gasteiger partial charge in [-0.2, -0.15) is 0 Å². The zero-order chi connectivity index (χ0) is 15.7. The molecule has 3 rings (SSSR count). The second-order valence-corrected chi connectivity index (χ2v) is 5.54. The number of halogens is 2. The van der Waals surface area contributed by atoms with Gasteiger partial charge in [0.1, 0.15) is 10.9 Å². The van der Waals surface area contributed by atoms with Crippen LogP contribution in [0.5, 0.6) is 0 Å². The molecule has 0 atom stereocenters. The Bertz CT molecular complexity index is 920. The molecule has 0 unspecified atom stereocenters. The summed E-state index contributed by atoms with van der Waals surface area (Å²) in [6.45, 7) is 0.163. The summed E-state index contributed by atoms with van der Waals surface area (Å²) < 4.78 is 3.27. The Balaban J connectivity index is 0.00000192. The van der Waals surface area contributed by atoms with Crippen molar-refractivity contribution in [2.24, 2.45) is 7.05 Å². The minimum Gasteiger partial charge on any atom is -1.00 e. The number of hydrogen-bond donors (Lipinski definition) is 0. The van der Waals surface area contributed by atoms with Crippen molar-refractivity contribution in [2.45, 2.75) is 6.54 Å². The van der Waals surface area contributed by atoms with Crippen molar-refractivity contribution >= 4 is 28.3 Å². The first-order chi connectivity index (χ1) is 10.6. The Labute approximate surface area is 148 Å². The summed E-state index contributed by atoms with van der Waals surface area (Å²) in [7, 11) is 1.68. The summed E-state index contributed by atoms with van der Waals surface area (Å²) in [5.41, 5.74) is 1.26. The molecule has 0 aliphatic heterocycles. The lowest BCUT2D eigenvalue weighted by atomic mass is 10.1. The van der Waals surface area contributed by atoms with E-state index in [4.69, 9.17) is 11.6 Å². The number of ketones is 1. The maximum atomic E-state index is 12.4. The number of para-hydroxylation sites is 1. The molecule has 2 aromatic carbocycles. The number of nitrogens with zero attached hydrogens (tertiary/aromatic N) is 2. The highest BCUT2D eigenvalue weighted by Gasteiger charge is 2.16. The molecule has 23 heavy (non-hydrogen) atoms. The van der Waals surface area contributed by atoms with Gasteiger partial charge in [0.25, 0.3) is 0 Å². The SMILES string of the molecule is Cn1c[n+](CC(=O)c2ccc(Cl)cc2)c2ccccc2c1=O.[Br-]. The highest BCUT2D eigenvalue weighted by molar-refractivity contribution is 6.30. The van der Waals surface area contributed by atoms with Crippen molar-refractivity contribution in [3.63, 3.8) is 0 Å². The van der Waals surface area contributed by atoms with Gasteiger partial charge in [0.2, 0.25) is 12.1 Å². The lowest BCUT2D eigenvalue weighted by Crippen LogP contribution is -3.00. The number of rotatable bonds is 3. The van der Waals surface area contributed by atoms with Crippen molar-refractivity contribution in [1.29, 1.82) is 0 Å². The molecule has 0 aliphatic carbocycles. The van der Waals surface area contributed by atoms with E-state index in [1.165, 1.54) is 4.57 Å². The molecule has 0 fully saturated rings. The molecular weight excluding hydrogens is 380 g/mol. The van der Waals surface area contributed by atoms with Crippen LogP contribution in [0, 0.1) is 0 Å². The van der Waals surface area contributed by atoms with E-state index in [0.29, 0.717) is 16.0 Å². The van der Waals surface area contributed by atoms with Crippen LogP contribution in [0.3, 0.4) is 0 Å². The van der Waals surface area contributed by atoms with E-state index < -0.39 is 0 Å². The summed E-state index contributed by atoms with van der Waals surface area (Å²) in [5, 5.41) is 1.19. The lowest BCUT2D eigenvalue weighted by Gasteiger charge is -2.05. The molecule has 0 amide bonds. The van der Waals surface area contributed by atoms with Crippen LogP contribution in [0.15, 0.2) is 59.7 Å². The Kier molecular flexibility index (Phi) is 5.34. The minimum absolute atomic E-state index is 0. The van der Waals surface area contributed by atoms with Crippen molar-refractivity contribution in [1.82, 2.24) is 4.57 Å². The van der Waals surface area contributed by atoms with Gasteiger partial charge in [0.15, 0.2) is 6.54 Å². The number of benzene rings is 2. The number of aryl methyl sites for hydroxylation is 1. The second-order valence-electron chi connectivity index (χ2n) is 5.11. The van der Waals surface area contributed by atoms with E-state index in [1.54, 1.807) is 48.3 Å². The fourth-order valence-corrected chi connectivity index (χ4v) is 2.55. The van der Waals surface area contributed by atoms with Crippen LogP contribution in [-0.4, -0.2) is 10.4 Å². The third kappa shape index (κ3) is 3.51. The predicted molar refractivity (Wildman–Crippen MR) is 85.2 cm³/mol. The largest absolute Gasteiger partial charge is 1.00 e. The first-order valence-electron chi connectivity index (χ1n) is 6.83. The Morgan fingerprint density at radius 3 is 2.48 bits per heavy atom. The van der Waals surface area contributed by atoms with E-state index in [2.05, 4.69) is 0 Å². The molecule has 0 aliphatic rings. The molecule has 0 N–H and O–H groups in total. The normalized spacial score (nSPS) is 10.3. The molecule has 1 aromatic heterocycles. The molecule has 3 aromatic rings. The zero-order valence-corrected chi connectivity index (χ0v) is 14.7. The molecular formula is C17H14BrClN2O2. The first-order valence-corrected chi connectivity index (χ1v) is 7.20. The van der Waals surface area contributed by atoms with E-state index in [1.807, 2.05) is 18.2 Å². The smallest absolute Gasteiger partial charge is 0.344 e. The Morgan fingerprint density at radius 2 is 1.78 bits per heavy atom. The number of hydrogen-bond acceptors (Lipinski definition) is 2. The van der Waals surface area contributed by atoms with E-state index in [-0.39, 0.29) is 34.9 Å². The standard InChI is InChI=1S/C17H14ClN2O2.BrH/c1-19-11-20(15-5-3-2-4-14(15)17(19)22)10-16(21)12-6-8-13(18)9-7-12;/h2-9,11H,10H2,1H3;1H/q+1;/p-1. The number of carbonyl (C=O) groups excluding carboxylic acids is 1.